The molecule has 1 atom stereocenters. The number of rotatable bonds is 3. The fourth-order valence-electron chi connectivity index (χ4n) is 1.64. The Kier molecular flexibility index (Phi) is 3.67. The maximum absolute atomic E-state index is 13.1. The lowest BCUT2D eigenvalue weighted by Gasteiger charge is -2.14. The second kappa shape index (κ2) is 5.40. The second-order valence-corrected chi connectivity index (χ2v) is 3.99. The van der Waals surface area contributed by atoms with E-state index in [-0.39, 0.29) is 17.8 Å². The van der Waals surface area contributed by atoms with Crippen molar-refractivity contribution in [3.05, 3.63) is 65.7 Å². The Morgan fingerprint density at radius 3 is 2.67 bits per heavy atom. The van der Waals surface area contributed by atoms with Gasteiger partial charge >= 0.3 is 0 Å². The predicted molar refractivity (Wildman–Crippen MR) is 66.5 cm³/mol. The number of halogens is 1. The predicted octanol–water partition coefficient (Wildman–Crippen LogP) is 2.71. The van der Waals surface area contributed by atoms with E-state index in [0.29, 0.717) is 5.56 Å². The normalized spacial score (nSPS) is 11.9. The minimum Gasteiger partial charge on any atom is -0.346 e. The lowest BCUT2D eigenvalue weighted by Crippen LogP contribution is -2.26. The summed E-state index contributed by atoms with van der Waals surface area (Å²) in [7, 11) is 0. The molecule has 2 aromatic rings. The summed E-state index contributed by atoms with van der Waals surface area (Å²) in [5, 5.41) is 2.81. The van der Waals surface area contributed by atoms with E-state index in [9.17, 15) is 9.18 Å². The van der Waals surface area contributed by atoms with E-state index in [0.717, 1.165) is 5.56 Å². The number of nitrogens with zero attached hydrogens (tertiary/aromatic N) is 1. The van der Waals surface area contributed by atoms with Gasteiger partial charge in [-0.15, -0.1) is 0 Å². The van der Waals surface area contributed by atoms with Crippen molar-refractivity contribution in [1.82, 2.24) is 10.3 Å². The molecule has 0 bridgehead atoms. The smallest absolute Gasteiger partial charge is 0.251 e. The van der Waals surface area contributed by atoms with Crippen LogP contribution < -0.4 is 5.32 Å². The molecule has 1 N–H and O–H groups in total. The largest absolute Gasteiger partial charge is 0.346 e. The number of pyridine rings is 1. The average Bonchev–Trinajstić information content (AvgIpc) is 2.39. The van der Waals surface area contributed by atoms with Crippen LogP contribution >= 0.6 is 0 Å². The molecule has 1 amide bonds. The number of hydrogen-bond donors (Lipinski definition) is 1. The average molecular weight is 244 g/mol. The minimum atomic E-state index is -0.308. The van der Waals surface area contributed by atoms with Crippen LogP contribution in [-0.2, 0) is 0 Å². The van der Waals surface area contributed by atoms with Gasteiger partial charge in [-0.25, -0.2) is 4.39 Å². The third-order valence-electron chi connectivity index (χ3n) is 2.64. The van der Waals surface area contributed by atoms with Gasteiger partial charge in [-0.05, 0) is 36.8 Å². The summed E-state index contributed by atoms with van der Waals surface area (Å²) >= 11 is 0. The number of amides is 1. The summed E-state index contributed by atoms with van der Waals surface area (Å²) in [5.74, 6) is -0.508. The monoisotopic (exact) mass is 244 g/mol. The van der Waals surface area contributed by atoms with Crippen molar-refractivity contribution in [2.45, 2.75) is 13.0 Å². The van der Waals surface area contributed by atoms with E-state index in [1.54, 1.807) is 36.7 Å². The first-order valence-corrected chi connectivity index (χ1v) is 5.63. The van der Waals surface area contributed by atoms with E-state index in [4.69, 9.17) is 0 Å². The molecule has 18 heavy (non-hydrogen) atoms. The van der Waals surface area contributed by atoms with Gasteiger partial charge in [0.2, 0.25) is 0 Å². The summed E-state index contributed by atoms with van der Waals surface area (Å²) in [4.78, 5) is 15.7. The summed E-state index contributed by atoms with van der Waals surface area (Å²) in [6.45, 7) is 1.81. The molecule has 0 saturated heterocycles. The van der Waals surface area contributed by atoms with Crippen LogP contribution in [0.1, 0.15) is 28.9 Å². The highest BCUT2D eigenvalue weighted by atomic mass is 19.1. The molecular formula is C14H13FN2O. The molecule has 3 nitrogen and oxygen atoms in total. The van der Waals surface area contributed by atoms with E-state index in [1.807, 2.05) is 6.92 Å². The van der Waals surface area contributed by atoms with Gasteiger partial charge in [-0.2, -0.15) is 0 Å². The standard InChI is InChI=1S/C14H13FN2O/c1-10(12-3-2-4-13(15)9-12)17-14(18)11-5-7-16-8-6-11/h2-10H,1H3,(H,17,18). The molecule has 0 spiro atoms. The van der Waals surface area contributed by atoms with Crippen molar-refractivity contribution in [3.63, 3.8) is 0 Å². The van der Waals surface area contributed by atoms with Gasteiger partial charge in [0, 0.05) is 18.0 Å². The first kappa shape index (κ1) is 12.2. The van der Waals surface area contributed by atoms with Crippen LogP contribution in [0.15, 0.2) is 48.8 Å². The highest BCUT2D eigenvalue weighted by Gasteiger charge is 2.11. The molecule has 1 aromatic carbocycles. The summed E-state index contributed by atoms with van der Waals surface area (Å²) in [6.07, 6.45) is 3.11. The third-order valence-corrected chi connectivity index (χ3v) is 2.64. The Bertz CT molecular complexity index is 543. The fourth-order valence-corrected chi connectivity index (χ4v) is 1.64. The zero-order valence-electron chi connectivity index (χ0n) is 9.93. The first-order valence-electron chi connectivity index (χ1n) is 5.63. The summed E-state index contributed by atoms with van der Waals surface area (Å²) in [5.41, 5.74) is 1.27. The Labute approximate surface area is 105 Å². The number of benzene rings is 1. The van der Waals surface area contributed by atoms with Gasteiger partial charge in [0.15, 0.2) is 0 Å². The van der Waals surface area contributed by atoms with Crippen molar-refractivity contribution in [1.29, 1.82) is 0 Å². The fraction of sp³-hybridized carbons (Fsp3) is 0.143. The van der Waals surface area contributed by atoms with Gasteiger partial charge in [-0.3, -0.25) is 9.78 Å². The molecule has 0 aliphatic carbocycles. The van der Waals surface area contributed by atoms with Crippen LogP contribution in [0.5, 0.6) is 0 Å². The van der Waals surface area contributed by atoms with Gasteiger partial charge in [0.05, 0.1) is 6.04 Å². The summed E-state index contributed by atoms with van der Waals surface area (Å²) < 4.78 is 13.1. The molecule has 0 radical (unpaired) electrons. The minimum absolute atomic E-state index is 0.200. The van der Waals surface area contributed by atoms with Crippen LogP contribution in [0, 0.1) is 5.82 Å². The first-order chi connectivity index (χ1) is 8.66. The summed E-state index contributed by atoms with van der Waals surface area (Å²) in [6, 6.07) is 9.21. The van der Waals surface area contributed by atoms with Crippen LogP contribution in [0.2, 0.25) is 0 Å². The Hall–Kier alpha value is -2.23. The van der Waals surface area contributed by atoms with E-state index < -0.39 is 0 Å². The molecule has 1 unspecified atom stereocenters. The van der Waals surface area contributed by atoms with Gasteiger partial charge < -0.3 is 5.32 Å². The quantitative estimate of drug-likeness (QED) is 0.902. The van der Waals surface area contributed by atoms with Crippen molar-refractivity contribution in [2.75, 3.05) is 0 Å². The van der Waals surface area contributed by atoms with E-state index >= 15 is 0 Å². The Morgan fingerprint density at radius 1 is 1.28 bits per heavy atom. The maximum Gasteiger partial charge on any atom is 0.251 e. The van der Waals surface area contributed by atoms with Crippen molar-refractivity contribution in [2.24, 2.45) is 0 Å². The van der Waals surface area contributed by atoms with Crippen molar-refractivity contribution < 1.29 is 9.18 Å². The number of carbonyl (C=O) groups is 1. The van der Waals surface area contributed by atoms with Gasteiger partial charge in [-0.1, -0.05) is 12.1 Å². The molecule has 1 aromatic heterocycles. The molecular weight excluding hydrogens is 231 g/mol. The molecule has 1 heterocycles. The number of carbonyl (C=O) groups excluding carboxylic acids is 1. The van der Waals surface area contributed by atoms with E-state index in [1.165, 1.54) is 12.1 Å². The van der Waals surface area contributed by atoms with Crippen LogP contribution in [0.25, 0.3) is 0 Å². The lowest BCUT2D eigenvalue weighted by molar-refractivity contribution is 0.0939. The van der Waals surface area contributed by atoms with Crippen LogP contribution in [0.4, 0.5) is 4.39 Å². The zero-order valence-corrected chi connectivity index (χ0v) is 9.93. The number of hydrogen-bond acceptors (Lipinski definition) is 2. The van der Waals surface area contributed by atoms with Gasteiger partial charge in [0.25, 0.3) is 5.91 Å². The van der Waals surface area contributed by atoms with Crippen LogP contribution in [0.3, 0.4) is 0 Å². The third kappa shape index (κ3) is 2.91. The Morgan fingerprint density at radius 2 is 2.00 bits per heavy atom. The highest BCUT2D eigenvalue weighted by molar-refractivity contribution is 5.94. The molecule has 2 rings (SSSR count). The molecule has 0 saturated carbocycles. The zero-order chi connectivity index (χ0) is 13.0. The molecule has 0 fully saturated rings. The molecule has 92 valence electrons. The topological polar surface area (TPSA) is 42.0 Å². The second-order valence-electron chi connectivity index (χ2n) is 3.99. The van der Waals surface area contributed by atoms with Gasteiger partial charge in [0.1, 0.15) is 5.82 Å². The van der Waals surface area contributed by atoms with E-state index in [2.05, 4.69) is 10.3 Å². The maximum atomic E-state index is 13.1. The SMILES string of the molecule is CC(NC(=O)c1ccncc1)c1cccc(F)c1. The Balaban J connectivity index is 2.08. The molecule has 0 aliphatic rings. The van der Waals surface area contributed by atoms with Crippen molar-refractivity contribution in [3.8, 4) is 0 Å². The van der Waals surface area contributed by atoms with Crippen LogP contribution in [-0.4, -0.2) is 10.9 Å². The lowest BCUT2D eigenvalue weighted by atomic mass is 10.1. The number of nitrogens with one attached hydrogen (secondary N) is 1. The molecule has 4 heteroatoms. The number of aromatic nitrogens is 1. The highest BCUT2D eigenvalue weighted by Crippen LogP contribution is 2.14. The molecule has 0 aliphatic heterocycles. The van der Waals surface area contributed by atoms with Crippen molar-refractivity contribution >= 4 is 5.91 Å².